The summed E-state index contributed by atoms with van der Waals surface area (Å²) in [6.07, 6.45) is 1.66. The SMILES string of the molecule is COC[C@@H](C)NC(=O)c1ccc(-c2cnn(C)c2C(C)=O)cc1. The van der Waals surface area contributed by atoms with Crippen LogP contribution in [0, 0.1) is 0 Å². The number of carbonyl (C=O) groups is 2. The summed E-state index contributed by atoms with van der Waals surface area (Å²) >= 11 is 0. The van der Waals surface area contributed by atoms with Crippen molar-refractivity contribution in [3.05, 3.63) is 41.7 Å². The van der Waals surface area contributed by atoms with Crippen LogP contribution in [-0.4, -0.2) is 41.2 Å². The lowest BCUT2D eigenvalue weighted by atomic mass is 10.0. The molecule has 1 N–H and O–H groups in total. The number of benzene rings is 1. The molecule has 2 rings (SSSR count). The van der Waals surface area contributed by atoms with Gasteiger partial charge in [-0.25, -0.2) is 0 Å². The van der Waals surface area contributed by atoms with Gasteiger partial charge in [-0.05, 0) is 24.6 Å². The molecule has 0 aliphatic heterocycles. The van der Waals surface area contributed by atoms with Gasteiger partial charge >= 0.3 is 0 Å². The van der Waals surface area contributed by atoms with E-state index >= 15 is 0 Å². The maximum Gasteiger partial charge on any atom is 0.251 e. The summed E-state index contributed by atoms with van der Waals surface area (Å²) in [7, 11) is 3.33. The van der Waals surface area contributed by atoms with Crippen molar-refractivity contribution in [3.63, 3.8) is 0 Å². The Morgan fingerprint density at radius 3 is 2.52 bits per heavy atom. The first-order valence-electron chi connectivity index (χ1n) is 7.37. The maximum atomic E-state index is 12.1. The zero-order chi connectivity index (χ0) is 17.0. The fourth-order valence-corrected chi connectivity index (χ4v) is 2.47. The molecule has 0 unspecified atom stereocenters. The van der Waals surface area contributed by atoms with Gasteiger partial charge in [0.25, 0.3) is 5.91 Å². The van der Waals surface area contributed by atoms with Crippen LogP contribution in [0.4, 0.5) is 0 Å². The lowest BCUT2D eigenvalue weighted by Gasteiger charge is -2.13. The van der Waals surface area contributed by atoms with Gasteiger partial charge in [-0.15, -0.1) is 0 Å². The van der Waals surface area contributed by atoms with Crippen LogP contribution in [0.2, 0.25) is 0 Å². The molecule has 0 saturated heterocycles. The molecule has 1 heterocycles. The van der Waals surface area contributed by atoms with Gasteiger partial charge in [0.1, 0.15) is 5.69 Å². The molecule has 0 aliphatic carbocycles. The second kappa shape index (κ2) is 7.19. The molecular formula is C17H21N3O3. The Bertz CT molecular complexity index is 704. The predicted molar refractivity (Wildman–Crippen MR) is 87.5 cm³/mol. The van der Waals surface area contributed by atoms with E-state index < -0.39 is 0 Å². The number of aromatic nitrogens is 2. The van der Waals surface area contributed by atoms with Crippen molar-refractivity contribution in [2.75, 3.05) is 13.7 Å². The fourth-order valence-electron chi connectivity index (χ4n) is 2.47. The summed E-state index contributed by atoms with van der Waals surface area (Å²) in [5.74, 6) is -0.200. The number of carbonyl (C=O) groups excluding carboxylic acids is 2. The minimum atomic E-state index is -0.154. The zero-order valence-corrected chi connectivity index (χ0v) is 13.8. The number of nitrogens with zero attached hydrogens (tertiary/aromatic N) is 2. The maximum absolute atomic E-state index is 12.1. The van der Waals surface area contributed by atoms with Crippen LogP contribution in [0.5, 0.6) is 0 Å². The van der Waals surface area contributed by atoms with E-state index in [4.69, 9.17) is 4.74 Å². The van der Waals surface area contributed by atoms with E-state index in [-0.39, 0.29) is 17.7 Å². The lowest BCUT2D eigenvalue weighted by molar-refractivity contribution is 0.0905. The van der Waals surface area contributed by atoms with Crippen LogP contribution < -0.4 is 5.32 Å². The molecule has 1 amide bonds. The summed E-state index contributed by atoms with van der Waals surface area (Å²) in [4.78, 5) is 23.9. The lowest BCUT2D eigenvalue weighted by Crippen LogP contribution is -2.35. The Balaban J connectivity index is 2.20. The first kappa shape index (κ1) is 16.9. The average Bonchev–Trinajstić information content (AvgIpc) is 2.89. The number of hydrogen-bond donors (Lipinski definition) is 1. The summed E-state index contributed by atoms with van der Waals surface area (Å²) in [6, 6.07) is 7.05. The van der Waals surface area contributed by atoms with E-state index in [0.717, 1.165) is 11.1 Å². The van der Waals surface area contributed by atoms with E-state index in [2.05, 4.69) is 10.4 Å². The molecular weight excluding hydrogens is 294 g/mol. The van der Waals surface area contributed by atoms with Crippen molar-refractivity contribution in [1.29, 1.82) is 0 Å². The first-order valence-corrected chi connectivity index (χ1v) is 7.37. The Hall–Kier alpha value is -2.47. The molecule has 23 heavy (non-hydrogen) atoms. The number of ether oxygens (including phenoxy) is 1. The molecule has 1 aromatic carbocycles. The molecule has 2 aromatic rings. The molecule has 1 atom stereocenters. The van der Waals surface area contributed by atoms with Crippen LogP contribution in [0.15, 0.2) is 30.5 Å². The van der Waals surface area contributed by atoms with Crippen LogP contribution in [0.25, 0.3) is 11.1 Å². The van der Waals surface area contributed by atoms with Crippen molar-refractivity contribution in [2.24, 2.45) is 7.05 Å². The standard InChI is InChI=1S/C17H21N3O3/c1-11(10-23-4)19-17(22)14-7-5-13(6-8-14)15-9-18-20(3)16(15)12(2)21/h5-9,11H,10H2,1-4H3,(H,19,22)/t11-/m1/s1. The molecule has 0 bridgehead atoms. The fraction of sp³-hybridized carbons (Fsp3) is 0.353. The van der Waals surface area contributed by atoms with E-state index in [1.807, 2.05) is 19.1 Å². The Kier molecular flexibility index (Phi) is 5.28. The smallest absolute Gasteiger partial charge is 0.251 e. The molecule has 0 aliphatic rings. The van der Waals surface area contributed by atoms with E-state index in [1.54, 1.807) is 37.2 Å². The number of methoxy groups -OCH3 is 1. The van der Waals surface area contributed by atoms with Crippen molar-refractivity contribution >= 4 is 11.7 Å². The molecule has 0 saturated carbocycles. The second-order valence-corrected chi connectivity index (χ2v) is 5.49. The van der Waals surface area contributed by atoms with Crippen molar-refractivity contribution < 1.29 is 14.3 Å². The minimum Gasteiger partial charge on any atom is -0.383 e. The molecule has 6 nitrogen and oxygen atoms in total. The van der Waals surface area contributed by atoms with Gasteiger partial charge in [0, 0.05) is 38.2 Å². The van der Waals surface area contributed by atoms with E-state index in [1.165, 1.54) is 6.92 Å². The van der Waals surface area contributed by atoms with Crippen LogP contribution in [0.3, 0.4) is 0 Å². The van der Waals surface area contributed by atoms with Gasteiger partial charge < -0.3 is 10.1 Å². The minimum absolute atomic E-state index is 0.0461. The highest BCUT2D eigenvalue weighted by atomic mass is 16.5. The third kappa shape index (κ3) is 3.84. The number of aryl methyl sites for hydroxylation is 1. The van der Waals surface area contributed by atoms with Crippen LogP contribution in [-0.2, 0) is 11.8 Å². The summed E-state index contributed by atoms with van der Waals surface area (Å²) in [5.41, 5.74) is 2.73. The Morgan fingerprint density at radius 1 is 1.30 bits per heavy atom. The van der Waals surface area contributed by atoms with Gasteiger partial charge in [0.15, 0.2) is 5.78 Å². The number of rotatable bonds is 6. The average molecular weight is 315 g/mol. The van der Waals surface area contributed by atoms with Gasteiger partial charge in [-0.1, -0.05) is 12.1 Å². The monoisotopic (exact) mass is 315 g/mol. The number of Topliss-reactive ketones (excluding diaryl/α,β-unsaturated/α-hetero) is 1. The predicted octanol–water partition coefficient (Wildman–Crippen LogP) is 2.05. The number of amides is 1. The summed E-state index contributed by atoms with van der Waals surface area (Å²) in [5, 5.41) is 6.99. The second-order valence-electron chi connectivity index (χ2n) is 5.49. The quantitative estimate of drug-likeness (QED) is 0.828. The Morgan fingerprint density at radius 2 is 1.96 bits per heavy atom. The summed E-state index contributed by atoms with van der Waals surface area (Å²) < 4.78 is 6.56. The van der Waals surface area contributed by atoms with Gasteiger partial charge in [0.05, 0.1) is 12.8 Å². The largest absolute Gasteiger partial charge is 0.383 e. The number of nitrogens with one attached hydrogen (secondary N) is 1. The third-order valence-corrected chi connectivity index (χ3v) is 3.52. The van der Waals surface area contributed by atoms with Crippen LogP contribution in [0.1, 0.15) is 34.7 Å². The van der Waals surface area contributed by atoms with Crippen LogP contribution >= 0.6 is 0 Å². The zero-order valence-electron chi connectivity index (χ0n) is 13.8. The van der Waals surface area contributed by atoms with E-state index in [9.17, 15) is 9.59 Å². The van der Waals surface area contributed by atoms with Gasteiger partial charge in [-0.3, -0.25) is 14.3 Å². The highest BCUT2D eigenvalue weighted by Crippen LogP contribution is 2.24. The normalized spacial score (nSPS) is 12.0. The first-order chi connectivity index (χ1) is 10.9. The molecule has 122 valence electrons. The third-order valence-electron chi connectivity index (χ3n) is 3.52. The molecule has 0 fully saturated rings. The summed E-state index contributed by atoms with van der Waals surface area (Å²) in [6.45, 7) is 3.85. The molecule has 6 heteroatoms. The number of ketones is 1. The highest BCUT2D eigenvalue weighted by molar-refractivity contribution is 5.99. The van der Waals surface area contributed by atoms with Gasteiger partial charge in [0.2, 0.25) is 0 Å². The topological polar surface area (TPSA) is 73.2 Å². The highest BCUT2D eigenvalue weighted by Gasteiger charge is 2.15. The van der Waals surface area contributed by atoms with Crippen molar-refractivity contribution in [1.82, 2.24) is 15.1 Å². The molecule has 1 aromatic heterocycles. The van der Waals surface area contributed by atoms with Gasteiger partial charge in [-0.2, -0.15) is 5.10 Å². The molecule has 0 spiro atoms. The van der Waals surface area contributed by atoms with Crippen molar-refractivity contribution in [2.45, 2.75) is 19.9 Å². The Labute approximate surface area is 135 Å². The van der Waals surface area contributed by atoms with E-state index in [0.29, 0.717) is 17.9 Å². The molecule has 0 radical (unpaired) electrons. The number of hydrogen-bond acceptors (Lipinski definition) is 4. The van der Waals surface area contributed by atoms with Crippen molar-refractivity contribution in [3.8, 4) is 11.1 Å².